The van der Waals surface area contributed by atoms with Crippen molar-refractivity contribution in [3.8, 4) is 0 Å². The van der Waals surface area contributed by atoms with E-state index in [9.17, 15) is 4.79 Å². The highest BCUT2D eigenvalue weighted by Crippen LogP contribution is 2.26. The van der Waals surface area contributed by atoms with Crippen LogP contribution >= 0.6 is 11.6 Å². The topological polar surface area (TPSA) is 41.6 Å². The number of hydrogen-bond donors (Lipinski definition) is 1. The van der Waals surface area contributed by atoms with Crippen LogP contribution in [0.1, 0.15) is 65.0 Å². The molecule has 1 N–H and O–H groups in total. The standard InChI is InChI=1S/C20H31ClN2O2/c1-14(15-7-6-8-16(21)13-15)22-17-9-11-18(12-10-17)23(5)19(24)25-20(2,3)4/h6-8,13-14,17-18,22H,9-12H2,1-5H3. The first-order valence-electron chi connectivity index (χ1n) is 9.13. The summed E-state index contributed by atoms with van der Waals surface area (Å²) in [6.45, 7) is 7.87. The first kappa shape index (κ1) is 20.1. The van der Waals surface area contributed by atoms with Crippen molar-refractivity contribution >= 4 is 17.7 Å². The molecule has 1 aromatic rings. The molecule has 4 nitrogen and oxygen atoms in total. The van der Waals surface area contributed by atoms with E-state index < -0.39 is 5.60 Å². The van der Waals surface area contributed by atoms with Crippen molar-refractivity contribution in [1.29, 1.82) is 0 Å². The summed E-state index contributed by atoms with van der Waals surface area (Å²) in [6.07, 6.45) is 3.88. The predicted molar refractivity (Wildman–Crippen MR) is 103 cm³/mol. The van der Waals surface area contributed by atoms with Crippen molar-refractivity contribution in [2.24, 2.45) is 0 Å². The van der Waals surface area contributed by atoms with E-state index in [1.165, 1.54) is 5.56 Å². The summed E-state index contributed by atoms with van der Waals surface area (Å²) in [5.41, 5.74) is 0.761. The van der Waals surface area contributed by atoms with Gasteiger partial charge >= 0.3 is 6.09 Å². The van der Waals surface area contributed by atoms with Gasteiger partial charge in [0.2, 0.25) is 0 Å². The molecule has 0 aliphatic heterocycles. The number of carbonyl (C=O) groups is 1. The van der Waals surface area contributed by atoms with Crippen molar-refractivity contribution in [1.82, 2.24) is 10.2 Å². The lowest BCUT2D eigenvalue weighted by molar-refractivity contribution is 0.0178. The lowest BCUT2D eigenvalue weighted by Gasteiger charge is -2.36. The predicted octanol–water partition coefficient (Wildman–Crippen LogP) is 5.17. The Kier molecular flexibility index (Phi) is 6.75. The minimum atomic E-state index is -0.448. The van der Waals surface area contributed by atoms with Crippen LogP contribution in [-0.2, 0) is 4.74 Å². The number of carbonyl (C=O) groups excluding carboxylic acids is 1. The fourth-order valence-corrected chi connectivity index (χ4v) is 3.54. The zero-order chi connectivity index (χ0) is 18.6. The molecule has 1 saturated carbocycles. The molecule has 5 heteroatoms. The fourth-order valence-electron chi connectivity index (χ4n) is 3.34. The number of nitrogens with zero attached hydrogens (tertiary/aromatic N) is 1. The molecule has 1 aliphatic carbocycles. The van der Waals surface area contributed by atoms with Gasteiger partial charge in [-0.3, -0.25) is 0 Å². The van der Waals surface area contributed by atoms with Gasteiger partial charge in [0.1, 0.15) is 5.60 Å². The van der Waals surface area contributed by atoms with Gasteiger partial charge < -0.3 is 15.0 Å². The van der Waals surface area contributed by atoms with Crippen LogP contribution in [0.3, 0.4) is 0 Å². The average molecular weight is 367 g/mol. The quantitative estimate of drug-likeness (QED) is 0.799. The van der Waals surface area contributed by atoms with Crippen LogP contribution in [0.15, 0.2) is 24.3 Å². The molecule has 140 valence electrons. The van der Waals surface area contributed by atoms with Crippen LogP contribution in [0.5, 0.6) is 0 Å². The van der Waals surface area contributed by atoms with Gasteiger partial charge in [-0.1, -0.05) is 23.7 Å². The Balaban J connectivity index is 1.82. The largest absolute Gasteiger partial charge is 0.444 e. The van der Waals surface area contributed by atoms with Crippen LogP contribution in [0.4, 0.5) is 4.79 Å². The monoisotopic (exact) mass is 366 g/mol. The summed E-state index contributed by atoms with van der Waals surface area (Å²) in [5, 5.41) is 4.47. The van der Waals surface area contributed by atoms with Crippen LogP contribution in [0.2, 0.25) is 5.02 Å². The summed E-state index contributed by atoms with van der Waals surface area (Å²) in [5.74, 6) is 0. The summed E-state index contributed by atoms with van der Waals surface area (Å²) >= 11 is 6.08. The minimum absolute atomic E-state index is 0.226. The molecule has 0 heterocycles. The van der Waals surface area contributed by atoms with Gasteiger partial charge in [0.25, 0.3) is 0 Å². The molecule has 1 amide bonds. The normalized spacial score (nSPS) is 22.3. The molecule has 0 spiro atoms. The number of rotatable bonds is 4. The average Bonchev–Trinajstić information content (AvgIpc) is 2.53. The van der Waals surface area contributed by atoms with Gasteiger partial charge in [-0.05, 0) is 71.1 Å². The van der Waals surface area contributed by atoms with Gasteiger partial charge in [-0.25, -0.2) is 4.79 Å². The van der Waals surface area contributed by atoms with Crippen LogP contribution in [0.25, 0.3) is 0 Å². The smallest absolute Gasteiger partial charge is 0.410 e. The van der Waals surface area contributed by atoms with Crippen LogP contribution < -0.4 is 5.32 Å². The first-order chi connectivity index (χ1) is 11.7. The van der Waals surface area contributed by atoms with Crippen molar-refractivity contribution in [3.63, 3.8) is 0 Å². The van der Waals surface area contributed by atoms with Crippen molar-refractivity contribution < 1.29 is 9.53 Å². The van der Waals surface area contributed by atoms with Gasteiger partial charge in [0.15, 0.2) is 0 Å². The Hall–Kier alpha value is -1.26. The molecular formula is C20H31ClN2O2. The Labute approximate surface area is 156 Å². The third kappa shape index (κ3) is 6.19. The van der Waals surface area contributed by atoms with E-state index >= 15 is 0 Å². The molecule has 0 saturated heterocycles. The highest BCUT2D eigenvalue weighted by molar-refractivity contribution is 6.30. The van der Waals surface area contributed by atoms with Crippen LogP contribution in [-0.4, -0.2) is 35.7 Å². The molecule has 25 heavy (non-hydrogen) atoms. The van der Waals surface area contributed by atoms with Crippen molar-refractivity contribution in [3.05, 3.63) is 34.9 Å². The van der Waals surface area contributed by atoms with E-state index in [0.29, 0.717) is 6.04 Å². The summed E-state index contributed by atoms with van der Waals surface area (Å²) in [7, 11) is 1.85. The maximum atomic E-state index is 12.2. The first-order valence-corrected chi connectivity index (χ1v) is 9.51. The van der Waals surface area contributed by atoms with Gasteiger partial charge in [0.05, 0.1) is 0 Å². The summed E-state index contributed by atoms with van der Waals surface area (Å²) in [6, 6.07) is 9.00. The molecule has 0 radical (unpaired) electrons. The molecule has 0 aromatic heterocycles. The SMILES string of the molecule is CC(NC1CCC(N(C)C(=O)OC(C)(C)C)CC1)c1cccc(Cl)c1. The Morgan fingerprint density at radius 2 is 1.92 bits per heavy atom. The summed E-state index contributed by atoms with van der Waals surface area (Å²) in [4.78, 5) is 14.0. The molecular weight excluding hydrogens is 336 g/mol. The number of nitrogens with one attached hydrogen (secondary N) is 1. The Morgan fingerprint density at radius 1 is 1.28 bits per heavy atom. The number of benzene rings is 1. The molecule has 0 bridgehead atoms. The van der Waals surface area contributed by atoms with Crippen LogP contribution in [0, 0.1) is 0 Å². The molecule has 1 aromatic carbocycles. The van der Waals surface area contributed by atoms with Gasteiger partial charge in [-0.15, -0.1) is 0 Å². The molecule has 1 fully saturated rings. The van der Waals surface area contributed by atoms with Crippen molar-refractivity contribution in [2.45, 2.75) is 77.1 Å². The lowest BCUT2D eigenvalue weighted by Crippen LogP contribution is -2.45. The lowest BCUT2D eigenvalue weighted by atomic mass is 9.89. The minimum Gasteiger partial charge on any atom is -0.444 e. The van der Waals surface area contributed by atoms with Gasteiger partial charge in [0, 0.05) is 30.2 Å². The van der Waals surface area contributed by atoms with E-state index in [2.05, 4.69) is 18.3 Å². The van der Waals surface area contributed by atoms with E-state index in [0.717, 1.165) is 30.7 Å². The van der Waals surface area contributed by atoms with E-state index in [1.807, 2.05) is 46.0 Å². The second-order valence-corrected chi connectivity index (χ2v) is 8.48. The highest BCUT2D eigenvalue weighted by Gasteiger charge is 2.29. The van der Waals surface area contributed by atoms with E-state index in [-0.39, 0.29) is 18.2 Å². The molecule has 1 atom stereocenters. The number of amides is 1. The third-order valence-electron chi connectivity index (χ3n) is 4.76. The van der Waals surface area contributed by atoms with E-state index in [4.69, 9.17) is 16.3 Å². The Bertz CT molecular complexity index is 577. The van der Waals surface area contributed by atoms with E-state index in [1.54, 1.807) is 4.90 Å². The zero-order valence-corrected chi connectivity index (χ0v) is 16.8. The number of hydrogen-bond acceptors (Lipinski definition) is 3. The molecule has 1 aliphatic rings. The maximum absolute atomic E-state index is 12.2. The maximum Gasteiger partial charge on any atom is 0.410 e. The fraction of sp³-hybridized carbons (Fsp3) is 0.650. The molecule has 1 unspecified atom stereocenters. The highest BCUT2D eigenvalue weighted by atomic mass is 35.5. The molecule has 2 rings (SSSR count). The second kappa shape index (κ2) is 8.41. The second-order valence-electron chi connectivity index (χ2n) is 8.04. The third-order valence-corrected chi connectivity index (χ3v) is 5.00. The van der Waals surface area contributed by atoms with Gasteiger partial charge in [-0.2, -0.15) is 0 Å². The zero-order valence-electron chi connectivity index (χ0n) is 16.0. The summed E-state index contributed by atoms with van der Waals surface area (Å²) < 4.78 is 5.47. The number of halogens is 1. The van der Waals surface area contributed by atoms with Crippen molar-refractivity contribution in [2.75, 3.05) is 7.05 Å². The Morgan fingerprint density at radius 3 is 2.48 bits per heavy atom. The number of ether oxygens (including phenoxy) is 1.